The maximum absolute atomic E-state index is 11.9. The largest absolute Gasteiger partial charge is 0.377 e. The monoisotopic (exact) mass is 374 g/mol. The van der Waals surface area contributed by atoms with Gasteiger partial charge in [0.1, 0.15) is 5.60 Å². The Labute approximate surface area is 168 Å². The first-order valence-corrected chi connectivity index (χ1v) is 11.0. The first-order chi connectivity index (χ1) is 13.5. The summed E-state index contributed by atoms with van der Waals surface area (Å²) in [5, 5.41) is 11.6. The van der Waals surface area contributed by atoms with Crippen LogP contribution in [0.5, 0.6) is 0 Å². The highest BCUT2D eigenvalue weighted by atomic mass is 16.3. The lowest BCUT2D eigenvalue weighted by Crippen LogP contribution is -2.52. The molecule has 4 aliphatic rings. The molecule has 5 rings (SSSR count). The number of allylic oxidation sites excluding steroid dienone is 1. The number of fused-ring (bicyclic) bond motifs is 5. The minimum Gasteiger partial charge on any atom is -0.377 e. The van der Waals surface area contributed by atoms with Crippen molar-refractivity contribution in [1.29, 1.82) is 0 Å². The Bertz CT molecular complexity index is 873. The third kappa shape index (κ3) is 2.71. The van der Waals surface area contributed by atoms with Gasteiger partial charge in [-0.1, -0.05) is 42.5 Å². The number of hydrogen-bond donors (Lipinski definition) is 1. The van der Waals surface area contributed by atoms with Crippen LogP contribution in [-0.2, 0) is 4.79 Å². The molecule has 0 bridgehead atoms. The Balaban J connectivity index is 1.42. The molecule has 0 radical (unpaired) electrons. The van der Waals surface area contributed by atoms with Crippen molar-refractivity contribution in [3.8, 4) is 11.8 Å². The molecule has 0 spiro atoms. The SMILES string of the molecule is C[C@]12CCC3C4CCC(=O)C=C4CCC3C1CC[C@@]2(O)C#Cc1ccccc1. The van der Waals surface area contributed by atoms with Gasteiger partial charge >= 0.3 is 0 Å². The minimum atomic E-state index is -0.878. The molecule has 146 valence electrons. The second-order valence-corrected chi connectivity index (χ2v) is 9.77. The van der Waals surface area contributed by atoms with Gasteiger partial charge in [-0.05, 0) is 86.8 Å². The molecule has 0 aliphatic heterocycles. The number of aliphatic hydroxyl groups is 1. The molecular weight excluding hydrogens is 344 g/mol. The van der Waals surface area contributed by atoms with Gasteiger partial charge in [-0.3, -0.25) is 4.79 Å². The summed E-state index contributed by atoms with van der Waals surface area (Å²) in [7, 11) is 0. The van der Waals surface area contributed by atoms with E-state index < -0.39 is 5.60 Å². The smallest absolute Gasteiger partial charge is 0.155 e. The molecule has 1 aromatic rings. The van der Waals surface area contributed by atoms with Gasteiger partial charge in [0, 0.05) is 17.4 Å². The quantitative estimate of drug-likeness (QED) is 0.655. The van der Waals surface area contributed by atoms with Gasteiger partial charge in [-0.15, -0.1) is 0 Å². The number of benzene rings is 1. The summed E-state index contributed by atoms with van der Waals surface area (Å²) in [4.78, 5) is 11.9. The second kappa shape index (κ2) is 6.60. The van der Waals surface area contributed by atoms with E-state index in [1.54, 1.807) is 0 Å². The third-order valence-corrected chi connectivity index (χ3v) is 8.64. The van der Waals surface area contributed by atoms with Crippen LogP contribution in [0.25, 0.3) is 0 Å². The van der Waals surface area contributed by atoms with Crippen molar-refractivity contribution in [2.24, 2.45) is 29.1 Å². The second-order valence-electron chi connectivity index (χ2n) is 9.77. The Morgan fingerprint density at radius 1 is 1.00 bits per heavy atom. The molecule has 28 heavy (non-hydrogen) atoms. The van der Waals surface area contributed by atoms with Gasteiger partial charge in [0.25, 0.3) is 0 Å². The summed E-state index contributed by atoms with van der Waals surface area (Å²) in [6.45, 7) is 2.30. The molecule has 0 amide bonds. The van der Waals surface area contributed by atoms with Crippen LogP contribution in [-0.4, -0.2) is 16.5 Å². The van der Waals surface area contributed by atoms with Crippen molar-refractivity contribution in [3.05, 3.63) is 47.5 Å². The Morgan fingerprint density at radius 3 is 2.64 bits per heavy atom. The van der Waals surface area contributed by atoms with Gasteiger partial charge in [0.05, 0.1) is 0 Å². The first kappa shape index (κ1) is 18.2. The predicted molar refractivity (Wildman–Crippen MR) is 110 cm³/mol. The van der Waals surface area contributed by atoms with E-state index in [4.69, 9.17) is 0 Å². The summed E-state index contributed by atoms with van der Waals surface area (Å²) >= 11 is 0. The minimum absolute atomic E-state index is 0.109. The molecule has 0 aromatic heterocycles. The molecule has 4 unspecified atom stereocenters. The van der Waals surface area contributed by atoms with E-state index in [9.17, 15) is 9.90 Å². The number of ketones is 1. The molecule has 4 aliphatic carbocycles. The molecule has 0 heterocycles. The predicted octanol–water partition coefficient (Wildman–Crippen LogP) is 4.91. The zero-order valence-electron chi connectivity index (χ0n) is 16.8. The van der Waals surface area contributed by atoms with Gasteiger partial charge in [-0.25, -0.2) is 0 Å². The lowest BCUT2D eigenvalue weighted by atomic mass is 9.50. The number of rotatable bonds is 0. The maximum Gasteiger partial charge on any atom is 0.155 e. The van der Waals surface area contributed by atoms with Crippen LogP contribution >= 0.6 is 0 Å². The van der Waals surface area contributed by atoms with Gasteiger partial charge in [0.15, 0.2) is 5.78 Å². The molecule has 1 N–H and O–H groups in total. The van der Waals surface area contributed by atoms with E-state index in [1.807, 2.05) is 36.4 Å². The molecule has 2 nitrogen and oxygen atoms in total. The fourth-order valence-electron chi connectivity index (χ4n) is 7.10. The van der Waals surface area contributed by atoms with Crippen LogP contribution < -0.4 is 0 Å². The van der Waals surface area contributed by atoms with Crippen molar-refractivity contribution in [2.75, 3.05) is 0 Å². The lowest BCUT2D eigenvalue weighted by Gasteiger charge is -2.54. The fourth-order valence-corrected chi connectivity index (χ4v) is 7.10. The first-order valence-electron chi connectivity index (χ1n) is 11.0. The third-order valence-electron chi connectivity index (χ3n) is 8.64. The number of carbonyl (C=O) groups is 1. The number of hydrogen-bond acceptors (Lipinski definition) is 2. The topological polar surface area (TPSA) is 37.3 Å². The van der Waals surface area contributed by atoms with E-state index in [0.717, 1.165) is 44.1 Å². The molecule has 3 fully saturated rings. The summed E-state index contributed by atoms with van der Waals surface area (Å²) in [5.74, 6) is 9.47. The summed E-state index contributed by atoms with van der Waals surface area (Å²) in [5.41, 5.74) is 1.42. The Morgan fingerprint density at radius 2 is 1.82 bits per heavy atom. The molecule has 6 atom stereocenters. The van der Waals surface area contributed by atoms with Gasteiger partial charge in [0.2, 0.25) is 0 Å². The van der Waals surface area contributed by atoms with E-state index in [0.29, 0.717) is 29.5 Å². The van der Waals surface area contributed by atoms with Crippen LogP contribution in [0, 0.1) is 40.9 Å². The fraction of sp³-hybridized carbons (Fsp3) is 0.577. The molecular formula is C26H30O2. The standard InChI is InChI=1S/C26H30O2/c1-25-14-12-22-21-10-8-20(27)17-19(21)7-9-23(22)24(25)13-16-26(25,28)15-11-18-5-3-2-4-6-18/h2-6,17,21-24,28H,7-10,12-14,16H2,1H3/t21?,22?,23?,24?,25-,26-/m0/s1. The lowest BCUT2D eigenvalue weighted by molar-refractivity contribution is -0.116. The van der Waals surface area contributed by atoms with Crippen molar-refractivity contribution >= 4 is 5.78 Å². The summed E-state index contributed by atoms with van der Waals surface area (Å²) < 4.78 is 0. The zero-order chi connectivity index (χ0) is 19.4. The van der Waals surface area contributed by atoms with Crippen LogP contribution in [0.15, 0.2) is 42.0 Å². The van der Waals surface area contributed by atoms with Crippen molar-refractivity contribution < 1.29 is 9.90 Å². The molecule has 1 aromatic carbocycles. The van der Waals surface area contributed by atoms with E-state index in [2.05, 4.69) is 18.8 Å². The van der Waals surface area contributed by atoms with Crippen LogP contribution in [0.2, 0.25) is 0 Å². The van der Waals surface area contributed by atoms with Gasteiger partial charge in [-0.2, -0.15) is 0 Å². The van der Waals surface area contributed by atoms with E-state index in [-0.39, 0.29) is 5.41 Å². The van der Waals surface area contributed by atoms with Gasteiger partial charge < -0.3 is 5.11 Å². The van der Waals surface area contributed by atoms with Crippen molar-refractivity contribution in [3.63, 3.8) is 0 Å². The normalized spacial score (nSPS) is 41.8. The Hall–Kier alpha value is -1.85. The van der Waals surface area contributed by atoms with Crippen LogP contribution in [0.1, 0.15) is 63.9 Å². The van der Waals surface area contributed by atoms with Crippen molar-refractivity contribution in [2.45, 2.75) is 63.9 Å². The Kier molecular flexibility index (Phi) is 4.29. The van der Waals surface area contributed by atoms with Crippen LogP contribution in [0.4, 0.5) is 0 Å². The van der Waals surface area contributed by atoms with Crippen molar-refractivity contribution in [1.82, 2.24) is 0 Å². The van der Waals surface area contributed by atoms with E-state index in [1.165, 1.54) is 18.4 Å². The molecule has 2 heteroatoms. The maximum atomic E-state index is 11.9. The highest BCUT2D eigenvalue weighted by molar-refractivity contribution is 5.91. The summed E-state index contributed by atoms with van der Waals surface area (Å²) in [6.07, 6.45) is 10.1. The molecule has 3 saturated carbocycles. The van der Waals surface area contributed by atoms with E-state index >= 15 is 0 Å². The summed E-state index contributed by atoms with van der Waals surface area (Å²) in [6, 6.07) is 10.0. The average Bonchev–Trinajstić information content (AvgIpc) is 2.98. The zero-order valence-corrected chi connectivity index (χ0v) is 16.8. The highest BCUT2D eigenvalue weighted by Gasteiger charge is 2.62. The average molecular weight is 375 g/mol. The number of carbonyl (C=O) groups excluding carboxylic acids is 1. The molecule has 0 saturated heterocycles. The van der Waals surface area contributed by atoms with Crippen LogP contribution in [0.3, 0.4) is 0 Å². The highest BCUT2D eigenvalue weighted by Crippen LogP contribution is 2.64.